The van der Waals surface area contributed by atoms with Gasteiger partial charge in [0.05, 0.1) is 0 Å². The van der Waals surface area contributed by atoms with E-state index in [-0.39, 0.29) is 6.04 Å². The van der Waals surface area contributed by atoms with Gasteiger partial charge in [-0.15, -0.1) is 0 Å². The van der Waals surface area contributed by atoms with Crippen molar-refractivity contribution in [2.45, 2.75) is 32.0 Å². The SMILES string of the molecule is O=C(O)C1CCCN1Cc1ccc(OCc2ccccc2)cc1. The molecule has 0 spiro atoms. The molecule has 23 heavy (non-hydrogen) atoms. The van der Waals surface area contributed by atoms with E-state index in [0.29, 0.717) is 13.2 Å². The average molecular weight is 311 g/mol. The van der Waals surface area contributed by atoms with Crippen molar-refractivity contribution in [3.63, 3.8) is 0 Å². The van der Waals surface area contributed by atoms with E-state index in [1.165, 1.54) is 0 Å². The molecule has 0 saturated carbocycles. The smallest absolute Gasteiger partial charge is 0.320 e. The minimum absolute atomic E-state index is 0.344. The Morgan fingerprint density at radius 3 is 2.52 bits per heavy atom. The van der Waals surface area contributed by atoms with Gasteiger partial charge in [-0.1, -0.05) is 42.5 Å². The topological polar surface area (TPSA) is 49.8 Å². The van der Waals surface area contributed by atoms with E-state index in [1.807, 2.05) is 59.5 Å². The van der Waals surface area contributed by atoms with Crippen LogP contribution in [0.4, 0.5) is 0 Å². The molecule has 4 nitrogen and oxygen atoms in total. The summed E-state index contributed by atoms with van der Waals surface area (Å²) in [5.74, 6) is 0.110. The molecule has 0 amide bonds. The number of carboxylic acids is 1. The zero-order valence-electron chi connectivity index (χ0n) is 13.0. The number of carbonyl (C=O) groups is 1. The number of ether oxygens (including phenoxy) is 1. The number of aliphatic carboxylic acids is 1. The quantitative estimate of drug-likeness (QED) is 0.889. The van der Waals surface area contributed by atoms with Crippen LogP contribution in [0.25, 0.3) is 0 Å². The fraction of sp³-hybridized carbons (Fsp3) is 0.316. The molecule has 1 N–H and O–H groups in total. The van der Waals surface area contributed by atoms with Crippen LogP contribution in [0.3, 0.4) is 0 Å². The second-order valence-electron chi connectivity index (χ2n) is 5.88. The maximum atomic E-state index is 11.2. The van der Waals surface area contributed by atoms with Crippen molar-refractivity contribution >= 4 is 5.97 Å². The van der Waals surface area contributed by atoms with Gasteiger partial charge in [0.2, 0.25) is 0 Å². The number of hydrogen-bond donors (Lipinski definition) is 1. The van der Waals surface area contributed by atoms with Crippen molar-refractivity contribution in [1.82, 2.24) is 4.90 Å². The van der Waals surface area contributed by atoms with Crippen LogP contribution >= 0.6 is 0 Å². The van der Waals surface area contributed by atoms with E-state index >= 15 is 0 Å². The largest absolute Gasteiger partial charge is 0.489 e. The molecule has 1 aliphatic rings. The molecule has 0 radical (unpaired) electrons. The molecule has 1 saturated heterocycles. The molecule has 2 aromatic carbocycles. The van der Waals surface area contributed by atoms with Crippen molar-refractivity contribution in [3.8, 4) is 5.75 Å². The van der Waals surface area contributed by atoms with E-state index in [4.69, 9.17) is 4.74 Å². The lowest BCUT2D eigenvalue weighted by Gasteiger charge is -2.21. The van der Waals surface area contributed by atoms with Crippen molar-refractivity contribution < 1.29 is 14.6 Å². The Morgan fingerprint density at radius 2 is 1.83 bits per heavy atom. The first kappa shape index (κ1) is 15.6. The van der Waals surface area contributed by atoms with Gasteiger partial charge in [-0.25, -0.2) is 0 Å². The normalized spacial score (nSPS) is 18.0. The van der Waals surface area contributed by atoms with Gasteiger partial charge in [-0.05, 0) is 42.6 Å². The second-order valence-corrected chi connectivity index (χ2v) is 5.88. The molecule has 1 unspecified atom stereocenters. The van der Waals surface area contributed by atoms with Gasteiger partial charge in [0.15, 0.2) is 0 Å². The lowest BCUT2D eigenvalue weighted by Crippen LogP contribution is -2.35. The Hall–Kier alpha value is -2.33. The molecule has 4 heteroatoms. The van der Waals surface area contributed by atoms with Crippen LogP contribution in [0.5, 0.6) is 5.75 Å². The number of rotatable bonds is 6. The predicted molar refractivity (Wildman–Crippen MR) is 88.3 cm³/mol. The number of nitrogens with zero attached hydrogens (tertiary/aromatic N) is 1. The van der Waals surface area contributed by atoms with Crippen molar-refractivity contribution in [2.24, 2.45) is 0 Å². The fourth-order valence-electron chi connectivity index (χ4n) is 2.96. The molecule has 3 rings (SSSR count). The lowest BCUT2D eigenvalue weighted by molar-refractivity contribution is -0.142. The number of hydrogen-bond acceptors (Lipinski definition) is 3. The number of benzene rings is 2. The Balaban J connectivity index is 1.56. The van der Waals surface area contributed by atoms with Crippen LogP contribution in [0.1, 0.15) is 24.0 Å². The summed E-state index contributed by atoms with van der Waals surface area (Å²) in [6.07, 6.45) is 1.70. The van der Waals surface area contributed by atoms with E-state index in [1.54, 1.807) is 0 Å². The summed E-state index contributed by atoms with van der Waals surface area (Å²) in [5, 5.41) is 9.22. The molecular weight excluding hydrogens is 290 g/mol. The third kappa shape index (κ3) is 4.11. The zero-order chi connectivity index (χ0) is 16.1. The minimum Gasteiger partial charge on any atom is -0.489 e. The molecule has 120 valence electrons. The summed E-state index contributed by atoms with van der Waals surface area (Å²) in [4.78, 5) is 13.2. The molecule has 2 aromatic rings. The maximum Gasteiger partial charge on any atom is 0.320 e. The molecule has 0 aliphatic carbocycles. The monoisotopic (exact) mass is 311 g/mol. The van der Waals surface area contributed by atoms with Gasteiger partial charge in [0.1, 0.15) is 18.4 Å². The third-order valence-corrected chi connectivity index (χ3v) is 4.21. The van der Waals surface area contributed by atoms with Gasteiger partial charge < -0.3 is 9.84 Å². The Kier molecular flexibility index (Phi) is 4.93. The predicted octanol–water partition coefficient (Wildman–Crippen LogP) is 3.31. The zero-order valence-corrected chi connectivity index (χ0v) is 13.0. The highest BCUT2D eigenvalue weighted by molar-refractivity contribution is 5.73. The Labute approximate surface area is 136 Å². The molecule has 1 heterocycles. The highest BCUT2D eigenvalue weighted by Crippen LogP contribution is 2.21. The summed E-state index contributed by atoms with van der Waals surface area (Å²) < 4.78 is 5.77. The molecule has 0 aromatic heterocycles. The molecule has 1 atom stereocenters. The summed E-state index contributed by atoms with van der Waals surface area (Å²) in [5.41, 5.74) is 2.25. The highest BCUT2D eigenvalue weighted by Gasteiger charge is 2.30. The summed E-state index contributed by atoms with van der Waals surface area (Å²) >= 11 is 0. The van der Waals surface area contributed by atoms with Gasteiger partial charge in [0.25, 0.3) is 0 Å². The van der Waals surface area contributed by atoms with Gasteiger partial charge >= 0.3 is 5.97 Å². The van der Waals surface area contributed by atoms with Crippen molar-refractivity contribution in [3.05, 3.63) is 65.7 Å². The van der Waals surface area contributed by atoms with Crippen molar-refractivity contribution in [1.29, 1.82) is 0 Å². The number of likely N-dealkylation sites (tertiary alicyclic amines) is 1. The van der Waals surface area contributed by atoms with Gasteiger partial charge in [-0.3, -0.25) is 9.69 Å². The maximum absolute atomic E-state index is 11.2. The lowest BCUT2D eigenvalue weighted by atomic mass is 10.1. The molecule has 1 aliphatic heterocycles. The van der Waals surface area contributed by atoms with Crippen LogP contribution < -0.4 is 4.74 Å². The standard InChI is InChI=1S/C19H21NO3/c21-19(22)18-7-4-12-20(18)13-15-8-10-17(11-9-15)23-14-16-5-2-1-3-6-16/h1-3,5-6,8-11,18H,4,7,12-14H2,(H,21,22). The molecule has 0 bridgehead atoms. The summed E-state index contributed by atoms with van der Waals surface area (Å²) in [7, 11) is 0. The summed E-state index contributed by atoms with van der Waals surface area (Å²) in [6, 6.07) is 17.6. The fourth-order valence-corrected chi connectivity index (χ4v) is 2.96. The second kappa shape index (κ2) is 7.29. The van der Waals surface area contributed by atoms with E-state index in [2.05, 4.69) is 0 Å². The third-order valence-electron chi connectivity index (χ3n) is 4.21. The van der Waals surface area contributed by atoms with E-state index < -0.39 is 5.97 Å². The van der Waals surface area contributed by atoms with Gasteiger partial charge in [0, 0.05) is 6.54 Å². The van der Waals surface area contributed by atoms with Crippen LogP contribution in [-0.2, 0) is 17.9 Å². The first-order valence-corrected chi connectivity index (χ1v) is 7.95. The van der Waals surface area contributed by atoms with Crippen LogP contribution in [-0.4, -0.2) is 28.6 Å². The van der Waals surface area contributed by atoms with E-state index in [9.17, 15) is 9.90 Å². The first-order valence-electron chi connectivity index (χ1n) is 7.95. The van der Waals surface area contributed by atoms with Crippen LogP contribution in [0.2, 0.25) is 0 Å². The minimum atomic E-state index is -0.717. The molecular formula is C19H21NO3. The number of carboxylic acid groups (broad SMARTS) is 1. The summed E-state index contributed by atoms with van der Waals surface area (Å²) in [6.45, 7) is 2.08. The van der Waals surface area contributed by atoms with Crippen molar-refractivity contribution in [2.75, 3.05) is 6.54 Å². The first-order chi connectivity index (χ1) is 11.2. The highest BCUT2D eigenvalue weighted by atomic mass is 16.5. The van der Waals surface area contributed by atoms with Gasteiger partial charge in [-0.2, -0.15) is 0 Å². The molecule has 1 fully saturated rings. The van der Waals surface area contributed by atoms with Crippen LogP contribution in [0.15, 0.2) is 54.6 Å². The van der Waals surface area contributed by atoms with E-state index in [0.717, 1.165) is 36.3 Å². The van der Waals surface area contributed by atoms with Crippen LogP contribution in [0, 0.1) is 0 Å². The average Bonchev–Trinajstić information content (AvgIpc) is 3.04. The Bertz CT molecular complexity index is 639. The Morgan fingerprint density at radius 1 is 1.09 bits per heavy atom.